The maximum absolute atomic E-state index is 12.3. The van der Waals surface area contributed by atoms with E-state index in [2.05, 4.69) is 20.7 Å². The van der Waals surface area contributed by atoms with Gasteiger partial charge in [0.15, 0.2) is 5.69 Å². The molecule has 7 heteroatoms. The lowest BCUT2D eigenvalue weighted by Crippen LogP contribution is -2.22. The summed E-state index contributed by atoms with van der Waals surface area (Å²) < 4.78 is 5.25. The van der Waals surface area contributed by atoms with Crippen molar-refractivity contribution in [2.24, 2.45) is 5.10 Å². The molecule has 0 radical (unpaired) electrons. The third-order valence-corrected chi connectivity index (χ3v) is 3.65. The first-order valence-corrected chi connectivity index (χ1v) is 7.81. The summed E-state index contributed by atoms with van der Waals surface area (Å²) in [5.41, 5.74) is 3.03. The van der Waals surface area contributed by atoms with Gasteiger partial charge in [-0.15, -0.1) is 0 Å². The molecule has 0 aliphatic carbocycles. The summed E-state index contributed by atoms with van der Waals surface area (Å²) in [4.78, 5) is 24.0. The number of fused-ring (bicyclic) bond motifs is 1. The molecule has 3 aromatic rings. The van der Waals surface area contributed by atoms with Gasteiger partial charge < -0.3 is 4.74 Å². The molecule has 0 aliphatic heterocycles. The molecule has 0 aliphatic rings. The molecule has 0 bridgehead atoms. The van der Waals surface area contributed by atoms with Crippen molar-refractivity contribution < 1.29 is 9.53 Å². The first-order valence-electron chi connectivity index (χ1n) is 7.81. The lowest BCUT2D eigenvalue weighted by molar-refractivity contribution is 0.0951. The number of nitrogens with one attached hydrogen (secondary N) is 2. The number of allylic oxidation sites excluding steroid dienone is 1. The standard InChI is InChI=1S/C19H16N4O3/c1-26-16-11-5-2-7-13(16)8-6-12-20-22-19(25)17-14-9-3-4-10-15(14)18(24)23-21-17/h2-12H,1H3,(H,22,25)(H,23,24). The molecule has 1 heterocycles. The third kappa shape index (κ3) is 3.67. The Kier molecular flexibility index (Phi) is 5.19. The van der Waals surface area contributed by atoms with Gasteiger partial charge in [0.1, 0.15) is 5.75 Å². The van der Waals surface area contributed by atoms with Crippen LogP contribution >= 0.6 is 0 Å². The number of methoxy groups -OCH3 is 1. The summed E-state index contributed by atoms with van der Waals surface area (Å²) in [6.45, 7) is 0. The molecule has 26 heavy (non-hydrogen) atoms. The minimum Gasteiger partial charge on any atom is -0.496 e. The monoisotopic (exact) mass is 348 g/mol. The van der Waals surface area contributed by atoms with Gasteiger partial charge in [0.2, 0.25) is 0 Å². The molecule has 130 valence electrons. The van der Waals surface area contributed by atoms with Crippen LogP contribution in [0, 0.1) is 0 Å². The Labute approximate surface area is 149 Å². The second-order valence-electron chi connectivity index (χ2n) is 5.27. The Hall–Kier alpha value is -3.74. The average molecular weight is 348 g/mol. The number of aromatic amines is 1. The summed E-state index contributed by atoms with van der Waals surface area (Å²) in [7, 11) is 1.60. The first-order chi connectivity index (χ1) is 12.7. The van der Waals surface area contributed by atoms with Gasteiger partial charge in [-0.3, -0.25) is 9.59 Å². The maximum atomic E-state index is 12.3. The predicted octanol–water partition coefficient (Wildman–Crippen LogP) is 2.36. The predicted molar refractivity (Wildman–Crippen MR) is 100 cm³/mol. The van der Waals surface area contributed by atoms with Crippen LogP contribution in [0.25, 0.3) is 16.8 Å². The highest BCUT2D eigenvalue weighted by Crippen LogP contribution is 2.18. The van der Waals surface area contributed by atoms with E-state index in [1.54, 1.807) is 37.5 Å². The summed E-state index contributed by atoms with van der Waals surface area (Å²) in [6, 6.07) is 14.3. The van der Waals surface area contributed by atoms with Gasteiger partial charge in [0.05, 0.1) is 12.5 Å². The maximum Gasteiger partial charge on any atom is 0.292 e. The Morgan fingerprint density at radius 2 is 1.88 bits per heavy atom. The summed E-state index contributed by atoms with van der Waals surface area (Å²) in [5, 5.41) is 10.9. The van der Waals surface area contributed by atoms with Crippen LogP contribution in [0.15, 0.2) is 64.5 Å². The third-order valence-electron chi connectivity index (χ3n) is 3.65. The van der Waals surface area contributed by atoms with E-state index >= 15 is 0 Å². The zero-order chi connectivity index (χ0) is 18.4. The number of hydrogen-bond donors (Lipinski definition) is 2. The van der Waals surface area contributed by atoms with E-state index in [1.807, 2.05) is 30.3 Å². The Balaban J connectivity index is 1.72. The van der Waals surface area contributed by atoms with E-state index in [0.29, 0.717) is 10.8 Å². The first kappa shape index (κ1) is 17.1. The zero-order valence-electron chi connectivity index (χ0n) is 14.0. The number of carbonyl (C=O) groups is 1. The number of para-hydroxylation sites is 1. The van der Waals surface area contributed by atoms with E-state index in [4.69, 9.17) is 4.74 Å². The number of H-pyrrole nitrogens is 1. The number of hydrogen-bond acceptors (Lipinski definition) is 5. The fourth-order valence-electron chi connectivity index (χ4n) is 2.43. The van der Waals surface area contributed by atoms with E-state index in [-0.39, 0.29) is 11.3 Å². The number of amides is 1. The molecule has 3 rings (SSSR count). The van der Waals surface area contributed by atoms with Crippen molar-refractivity contribution in [3.05, 3.63) is 76.2 Å². The second-order valence-corrected chi connectivity index (χ2v) is 5.27. The highest BCUT2D eigenvalue weighted by Gasteiger charge is 2.12. The van der Waals surface area contributed by atoms with Crippen LogP contribution in [-0.2, 0) is 0 Å². The molecule has 2 N–H and O–H groups in total. The van der Waals surface area contributed by atoms with E-state index in [9.17, 15) is 9.59 Å². The number of hydrazone groups is 1. The van der Waals surface area contributed by atoms with E-state index in [0.717, 1.165) is 11.3 Å². The fourth-order valence-corrected chi connectivity index (χ4v) is 2.43. The fraction of sp³-hybridized carbons (Fsp3) is 0.0526. The van der Waals surface area contributed by atoms with Gasteiger partial charge >= 0.3 is 0 Å². The molecule has 1 aromatic heterocycles. The lowest BCUT2D eigenvalue weighted by atomic mass is 10.1. The van der Waals surface area contributed by atoms with Gasteiger partial charge in [-0.2, -0.15) is 10.2 Å². The minimum atomic E-state index is -0.514. The largest absolute Gasteiger partial charge is 0.496 e. The molecule has 0 fully saturated rings. The summed E-state index contributed by atoms with van der Waals surface area (Å²) in [6.07, 6.45) is 4.93. The summed E-state index contributed by atoms with van der Waals surface area (Å²) >= 11 is 0. The number of rotatable bonds is 5. The van der Waals surface area contributed by atoms with Gasteiger partial charge in [-0.25, -0.2) is 10.5 Å². The SMILES string of the molecule is COc1ccccc1C=CC=NNC(=O)c1n[nH]c(=O)c2ccccc12. The summed E-state index contributed by atoms with van der Waals surface area (Å²) in [5.74, 6) is 0.226. The van der Waals surface area contributed by atoms with Gasteiger partial charge in [-0.05, 0) is 24.3 Å². The van der Waals surface area contributed by atoms with Crippen molar-refractivity contribution in [2.75, 3.05) is 7.11 Å². The zero-order valence-corrected chi connectivity index (χ0v) is 14.0. The molecule has 1 amide bonds. The van der Waals surface area contributed by atoms with Gasteiger partial charge in [-0.1, -0.05) is 36.4 Å². The molecular formula is C19H16N4O3. The lowest BCUT2D eigenvalue weighted by Gasteiger charge is -2.03. The van der Waals surface area contributed by atoms with Crippen LogP contribution < -0.4 is 15.7 Å². The number of benzene rings is 2. The Morgan fingerprint density at radius 1 is 1.15 bits per heavy atom. The van der Waals surface area contributed by atoms with Crippen LogP contribution in [-0.4, -0.2) is 29.4 Å². The Morgan fingerprint density at radius 3 is 2.69 bits per heavy atom. The van der Waals surface area contributed by atoms with Gasteiger partial charge in [0, 0.05) is 17.2 Å². The van der Waals surface area contributed by atoms with Crippen LogP contribution in [0.4, 0.5) is 0 Å². The second kappa shape index (κ2) is 7.89. The minimum absolute atomic E-state index is 0.103. The van der Waals surface area contributed by atoms with Crippen molar-refractivity contribution in [1.29, 1.82) is 0 Å². The van der Waals surface area contributed by atoms with Crippen molar-refractivity contribution in [2.45, 2.75) is 0 Å². The van der Waals surface area contributed by atoms with Crippen LogP contribution in [0.5, 0.6) is 5.75 Å². The number of aromatic nitrogens is 2. The van der Waals surface area contributed by atoms with Crippen molar-refractivity contribution in [1.82, 2.24) is 15.6 Å². The van der Waals surface area contributed by atoms with Gasteiger partial charge in [0.25, 0.3) is 11.5 Å². The highest BCUT2D eigenvalue weighted by molar-refractivity contribution is 6.04. The smallest absolute Gasteiger partial charge is 0.292 e. The van der Waals surface area contributed by atoms with Crippen molar-refractivity contribution in [3.8, 4) is 5.75 Å². The Bertz CT molecular complexity index is 1050. The molecule has 0 saturated carbocycles. The topological polar surface area (TPSA) is 96.4 Å². The van der Waals surface area contributed by atoms with Crippen LogP contribution in [0.2, 0.25) is 0 Å². The quantitative estimate of drug-likeness (QED) is 0.546. The van der Waals surface area contributed by atoms with E-state index in [1.165, 1.54) is 6.21 Å². The number of ether oxygens (including phenoxy) is 1. The van der Waals surface area contributed by atoms with E-state index < -0.39 is 5.91 Å². The van der Waals surface area contributed by atoms with Crippen molar-refractivity contribution in [3.63, 3.8) is 0 Å². The highest BCUT2D eigenvalue weighted by atomic mass is 16.5. The van der Waals surface area contributed by atoms with Crippen LogP contribution in [0.1, 0.15) is 16.1 Å². The number of nitrogens with zero attached hydrogens (tertiary/aromatic N) is 2. The molecular weight excluding hydrogens is 332 g/mol. The molecule has 7 nitrogen and oxygen atoms in total. The molecule has 0 unspecified atom stereocenters. The molecule has 0 saturated heterocycles. The average Bonchev–Trinajstić information content (AvgIpc) is 2.68. The molecule has 0 atom stereocenters. The molecule has 0 spiro atoms. The van der Waals surface area contributed by atoms with Crippen LogP contribution in [0.3, 0.4) is 0 Å². The number of carbonyl (C=O) groups excluding carboxylic acids is 1. The van der Waals surface area contributed by atoms with Crippen molar-refractivity contribution >= 4 is 29.0 Å². The normalized spacial score (nSPS) is 11.3. The molecule has 2 aromatic carbocycles.